The molecule has 0 atom stereocenters. The molecular formula is C9H4BrF2NO. The van der Waals surface area contributed by atoms with Crippen LogP contribution >= 0.6 is 15.9 Å². The van der Waals surface area contributed by atoms with Gasteiger partial charge in [-0.2, -0.15) is 0 Å². The van der Waals surface area contributed by atoms with Crippen molar-refractivity contribution in [3.63, 3.8) is 0 Å². The van der Waals surface area contributed by atoms with Gasteiger partial charge in [0.2, 0.25) is 0 Å². The number of aromatic hydroxyl groups is 1. The molecule has 0 spiro atoms. The average Bonchev–Trinajstić information content (AvgIpc) is 2.14. The van der Waals surface area contributed by atoms with Crippen LogP contribution in [0.4, 0.5) is 8.78 Å². The smallest absolute Gasteiger partial charge is 0.166 e. The Bertz CT molecular complexity index is 516. The van der Waals surface area contributed by atoms with E-state index in [1.165, 1.54) is 6.07 Å². The number of nitrogens with zero attached hydrogens (tertiary/aromatic N) is 1. The first-order valence-electron chi connectivity index (χ1n) is 3.72. The largest absolute Gasteiger partial charge is 0.506 e. The van der Waals surface area contributed by atoms with Crippen LogP contribution in [0.2, 0.25) is 0 Å². The minimum Gasteiger partial charge on any atom is -0.506 e. The molecule has 0 unspecified atom stereocenters. The van der Waals surface area contributed by atoms with Gasteiger partial charge in [0.15, 0.2) is 5.82 Å². The predicted molar refractivity (Wildman–Crippen MR) is 51.0 cm³/mol. The van der Waals surface area contributed by atoms with Crippen LogP contribution in [0.5, 0.6) is 5.75 Å². The summed E-state index contributed by atoms with van der Waals surface area (Å²) in [4.78, 5) is 3.66. The van der Waals surface area contributed by atoms with Gasteiger partial charge in [-0.25, -0.2) is 13.8 Å². The van der Waals surface area contributed by atoms with E-state index in [1.807, 2.05) is 0 Å². The fourth-order valence-electron chi connectivity index (χ4n) is 1.17. The molecule has 2 nitrogen and oxygen atoms in total. The molecule has 1 aromatic heterocycles. The lowest BCUT2D eigenvalue weighted by Gasteiger charge is -2.02. The van der Waals surface area contributed by atoms with E-state index in [9.17, 15) is 8.78 Å². The van der Waals surface area contributed by atoms with Crippen LogP contribution in [-0.2, 0) is 0 Å². The molecule has 0 radical (unpaired) electrons. The highest BCUT2D eigenvalue weighted by Crippen LogP contribution is 2.28. The zero-order valence-electron chi connectivity index (χ0n) is 6.76. The van der Waals surface area contributed by atoms with E-state index in [0.717, 1.165) is 12.3 Å². The van der Waals surface area contributed by atoms with Crippen LogP contribution in [0.15, 0.2) is 22.8 Å². The monoisotopic (exact) mass is 259 g/mol. The molecule has 0 aliphatic heterocycles. The van der Waals surface area contributed by atoms with E-state index in [-0.39, 0.29) is 21.1 Å². The van der Waals surface area contributed by atoms with Crippen molar-refractivity contribution in [1.82, 2.24) is 4.98 Å². The Morgan fingerprint density at radius 1 is 1.29 bits per heavy atom. The number of hydrogen-bond donors (Lipinski definition) is 1. The van der Waals surface area contributed by atoms with Crippen LogP contribution in [0, 0.1) is 11.6 Å². The maximum absolute atomic E-state index is 13.4. The van der Waals surface area contributed by atoms with Crippen LogP contribution in [0.25, 0.3) is 10.9 Å². The maximum Gasteiger partial charge on any atom is 0.166 e. The number of fused-ring (bicyclic) bond motifs is 1. The lowest BCUT2D eigenvalue weighted by molar-refractivity contribution is 0.473. The molecule has 0 saturated carbocycles. The third kappa shape index (κ3) is 1.33. The Balaban J connectivity index is 2.91. The predicted octanol–water partition coefficient (Wildman–Crippen LogP) is 2.98. The Morgan fingerprint density at radius 3 is 2.71 bits per heavy atom. The number of rotatable bonds is 0. The molecule has 5 heteroatoms. The first-order chi connectivity index (χ1) is 6.59. The van der Waals surface area contributed by atoms with Crippen LogP contribution < -0.4 is 0 Å². The van der Waals surface area contributed by atoms with E-state index in [1.54, 1.807) is 0 Å². The summed E-state index contributed by atoms with van der Waals surface area (Å²) in [6.45, 7) is 0. The topological polar surface area (TPSA) is 33.1 Å². The fourth-order valence-corrected chi connectivity index (χ4v) is 1.47. The zero-order valence-corrected chi connectivity index (χ0v) is 8.35. The Kier molecular flexibility index (Phi) is 2.11. The van der Waals surface area contributed by atoms with Gasteiger partial charge in [-0.05, 0) is 28.1 Å². The second-order valence-electron chi connectivity index (χ2n) is 2.75. The van der Waals surface area contributed by atoms with Crippen molar-refractivity contribution in [3.8, 4) is 5.75 Å². The Morgan fingerprint density at radius 2 is 2.00 bits per heavy atom. The molecule has 0 aliphatic rings. The van der Waals surface area contributed by atoms with Crippen LogP contribution in [0.3, 0.4) is 0 Å². The van der Waals surface area contributed by atoms with Gasteiger partial charge in [0.1, 0.15) is 17.1 Å². The van der Waals surface area contributed by atoms with Crippen molar-refractivity contribution in [1.29, 1.82) is 0 Å². The molecule has 0 bridgehead atoms. The summed E-state index contributed by atoms with van der Waals surface area (Å²) in [5.74, 6) is -1.61. The molecule has 0 aliphatic carbocycles. The van der Waals surface area contributed by atoms with Gasteiger partial charge in [0.25, 0.3) is 0 Å². The molecule has 2 aromatic rings. The van der Waals surface area contributed by atoms with E-state index < -0.39 is 11.6 Å². The van der Waals surface area contributed by atoms with Gasteiger partial charge in [0, 0.05) is 5.39 Å². The lowest BCUT2D eigenvalue weighted by atomic mass is 10.2. The summed E-state index contributed by atoms with van der Waals surface area (Å²) in [5.41, 5.74) is 0.0241. The maximum atomic E-state index is 13.4. The lowest BCUT2D eigenvalue weighted by Crippen LogP contribution is -1.89. The molecule has 14 heavy (non-hydrogen) atoms. The standard InChI is InChI=1S/C9H4BrF2NO/c10-7-6(11)2-4-1-5(14)3-13-9(4)8(7)12/h1-3,14H. The second-order valence-corrected chi connectivity index (χ2v) is 3.54. The summed E-state index contributed by atoms with van der Waals surface area (Å²) < 4.78 is 26.2. The van der Waals surface area contributed by atoms with Crippen LogP contribution in [-0.4, -0.2) is 10.1 Å². The molecule has 72 valence electrons. The SMILES string of the molecule is Oc1cnc2c(F)c(Br)c(F)cc2c1. The zero-order chi connectivity index (χ0) is 10.3. The third-order valence-electron chi connectivity index (χ3n) is 1.80. The molecule has 1 heterocycles. The summed E-state index contributed by atoms with van der Waals surface area (Å²) in [5, 5.41) is 9.29. The van der Waals surface area contributed by atoms with Crippen molar-refractivity contribution in [3.05, 3.63) is 34.4 Å². The van der Waals surface area contributed by atoms with Gasteiger partial charge >= 0.3 is 0 Å². The van der Waals surface area contributed by atoms with Crippen molar-refractivity contribution < 1.29 is 13.9 Å². The molecule has 0 amide bonds. The number of benzene rings is 1. The minimum absolute atomic E-state index is 0.0241. The van der Waals surface area contributed by atoms with E-state index in [4.69, 9.17) is 5.11 Å². The van der Waals surface area contributed by atoms with Gasteiger partial charge in [0.05, 0.1) is 10.7 Å². The van der Waals surface area contributed by atoms with Crippen molar-refractivity contribution >= 4 is 26.8 Å². The number of aromatic nitrogens is 1. The van der Waals surface area contributed by atoms with Crippen molar-refractivity contribution in [2.45, 2.75) is 0 Å². The summed E-state index contributed by atoms with van der Waals surface area (Å²) in [6, 6.07) is 2.36. The molecule has 1 aromatic carbocycles. The highest BCUT2D eigenvalue weighted by molar-refractivity contribution is 9.10. The summed E-state index contributed by atoms with van der Waals surface area (Å²) in [7, 11) is 0. The minimum atomic E-state index is -0.764. The molecule has 2 rings (SSSR count). The first kappa shape index (κ1) is 9.33. The molecule has 0 fully saturated rings. The number of pyridine rings is 1. The second kappa shape index (κ2) is 3.16. The van der Waals surface area contributed by atoms with Crippen LogP contribution in [0.1, 0.15) is 0 Å². The highest BCUT2D eigenvalue weighted by atomic mass is 79.9. The number of halogens is 3. The molecule has 1 N–H and O–H groups in total. The van der Waals surface area contributed by atoms with Crippen molar-refractivity contribution in [2.24, 2.45) is 0 Å². The molecule has 0 saturated heterocycles. The average molecular weight is 260 g/mol. The third-order valence-corrected chi connectivity index (χ3v) is 2.52. The Hall–Kier alpha value is -1.23. The van der Waals surface area contributed by atoms with E-state index in [2.05, 4.69) is 20.9 Å². The van der Waals surface area contributed by atoms with Gasteiger partial charge < -0.3 is 5.11 Å². The number of hydrogen-bond acceptors (Lipinski definition) is 2. The van der Waals surface area contributed by atoms with E-state index in [0.29, 0.717) is 0 Å². The Labute approximate surface area is 86.3 Å². The fraction of sp³-hybridized carbons (Fsp3) is 0. The van der Waals surface area contributed by atoms with Gasteiger partial charge in [-0.1, -0.05) is 0 Å². The normalized spacial score (nSPS) is 10.8. The summed E-state index contributed by atoms with van der Waals surface area (Å²) >= 11 is 2.77. The quantitative estimate of drug-likeness (QED) is 0.738. The van der Waals surface area contributed by atoms with E-state index >= 15 is 0 Å². The molecular weight excluding hydrogens is 256 g/mol. The summed E-state index contributed by atoms with van der Waals surface area (Å²) in [6.07, 6.45) is 1.11. The van der Waals surface area contributed by atoms with Crippen molar-refractivity contribution in [2.75, 3.05) is 0 Å². The highest BCUT2D eigenvalue weighted by Gasteiger charge is 2.12. The van der Waals surface area contributed by atoms with Gasteiger partial charge in [-0.15, -0.1) is 0 Å². The van der Waals surface area contributed by atoms with Gasteiger partial charge in [-0.3, -0.25) is 0 Å². The first-order valence-corrected chi connectivity index (χ1v) is 4.51.